The molecule has 0 spiro atoms. The van der Waals surface area contributed by atoms with E-state index in [4.69, 9.17) is 14.7 Å². The van der Waals surface area contributed by atoms with Crippen molar-refractivity contribution < 1.29 is 24.6 Å². The maximum absolute atomic E-state index is 11.4. The number of hydrogen-bond donors (Lipinski definition) is 3. The van der Waals surface area contributed by atoms with Gasteiger partial charge in [0.25, 0.3) is 5.91 Å². The molecule has 6 heteroatoms. The van der Waals surface area contributed by atoms with E-state index in [1.807, 2.05) is 0 Å². The Morgan fingerprint density at radius 1 is 1.38 bits per heavy atom. The molecule has 0 radical (unpaired) electrons. The van der Waals surface area contributed by atoms with Crippen molar-refractivity contribution in [3.63, 3.8) is 0 Å². The molecular weight excluding hydrogens is 214 g/mol. The van der Waals surface area contributed by atoms with E-state index in [1.165, 1.54) is 19.2 Å². The summed E-state index contributed by atoms with van der Waals surface area (Å²) in [6, 6.07) is 3.66. The molecule has 1 rings (SSSR count). The van der Waals surface area contributed by atoms with Crippen LogP contribution in [0.2, 0.25) is 0 Å². The lowest BCUT2D eigenvalue weighted by molar-refractivity contribution is 0.00875. The maximum atomic E-state index is 11.4. The van der Waals surface area contributed by atoms with Gasteiger partial charge in [0.15, 0.2) is 0 Å². The van der Waals surface area contributed by atoms with E-state index in [0.717, 1.165) is 6.07 Å². The average molecular weight is 227 g/mol. The van der Waals surface area contributed by atoms with Gasteiger partial charge >= 0.3 is 0 Å². The predicted octanol–water partition coefficient (Wildman–Crippen LogP) is 0.406. The van der Waals surface area contributed by atoms with E-state index >= 15 is 0 Å². The summed E-state index contributed by atoms with van der Waals surface area (Å²) in [5, 5.41) is 18.4. The number of phenolic OH excluding ortho intramolecular Hbond substituents is 2. The third-order valence-electron chi connectivity index (χ3n) is 1.78. The second-order valence-electron chi connectivity index (χ2n) is 2.97. The van der Waals surface area contributed by atoms with Crippen molar-refractivity contribution in [3.05, 3.63) is 23.8 Å². The summed E-state index contributed by atoms with van der Waals surface area (Å²) in [6.45, 7) is 0.558. The number of carbonyl (C=O) groups excluding carboxylic acids is 1. The highest BCUT2D eigenvalue weighted by molar-refractivity contribution is 5.96. The summed E-state index contributed by atoms with van der Waals surface area (Å²) in [7, 11) is 1.51. The van der Waals surface area contributed by atoms with Crippen LogP contribution in [0.3, 0.4) is 0 Å². The molecule has 0 aliphatic heterocycles. The van der Waals surface area contributed by atoms with Crippen LogP contribution in [0.4, 0.5) is 0 Å². The molecule has 0 atom stereocenters. The molecule has 88 valence electrons. The number of aromatic hydroxyl groups is 2. The van der Waals surface area contributed by atoms with Crippen molar-refractivity contribution in [1.29, 1.82) is 0 Å². The molecular formula is C10H13NO5. The second kappa shape index (κ2) is 5.94. The van der Waals surface area contributed by atoms with Gasteiger partial charge in [-0.1, -0.05) is 0 Å². The Balaban J connectivity index is 2.53. The van der Waals surface area contributed by atoms with Crippen molar-refractivity contribution in [2.24, 2.45) is 0 Å². The zero-order valence-corrected chi connectivity index (χ0v) is 8.77. The Labute approximate surface area is 92.4 Å². The topological polar surface area (TPSA) is 88.0 Å². The van der Waals surface area contributed by atoms with Crippen LogP contribution in [-0.4, -0.2) is 36.4 Å². The molecule has 6 nitrogen and oxygen atoms in total. The Hall–Kier alpha value is -1.79. The average Bonchev–Trinajstić information content (AvgIpc) is 2.24. The van der Waals surface area contributed by atoms with Crippen LogP contribution in [0.15, 0.2) is 18.2 Å². The fraction of sp³-hybridized carbons (Fsp3) is 0.300. The monoisotopic (exact) mass is 227 g/mol. The van der Waals surface area contributed by atoms with Crippen molar-refractivity contribution in [2.45, 2.75) is 0 Å². The number of hydrogen-bond acceptors (Lipinski definition) is 5. The SMILES string of the molecule is COCCONC(=O)c1ccc(O)cc1O. The maximum Gasteiger partial charge on any atom is 0.278 e. The van der Waals surface area contributed by atoms with Crippen LogP contribution in [0.5, 0.6) is 11.5 Å². The van der Waals surface area contributed by atoms with Gasteiger partial charge in [0, 0.05) is 13.2 Å². The van der Waals surface area contributed by atoms with Crippen LogP contribution in [0.1, 0.15) is 10.4 Å². The molecule has 0 fully saturated rings. The minimum atomic E-state index is -0.589. The molecule has 0 bridgehead atoms. The number of nitrogens with one attached hydrogen (secondary N) is 1. The van der Waals surface area contributed by atoms with Crippen molar-refractivity contribution in [2.75, 3.05) is 20.3 Å². The van der Waals surface area contributed by atoms with Crippen molar-refractivity contribution in [3.8, 4) is 11.5 Å². The summed E-state index contributed by atoms with van der Waals surface area (Å²) < 4.78 is 4.71. The first-order chi connectivity index (χ1) is 7.65. The van der Waals surface area contributed by atoms with Gasteiger partial charge in [-0.3, -0.25) is 9.63 Å². The number of ether oxygens (including phenoxy) is 1. The summed E-state index contributed by atoms with van der Waals surface area (Å²) >= 11 is 0. The van der Waals surface area contributed by atoms with E-state index < -0.39 is 5.91 Å². The minimum Gasteiger partial charge on any atom is -0.508 e. The lowest BCUT2D eigenvalue weighted by Gasteiger charge is -2.06. The molecule has 0 aliphatic carbocycles. The number of carbonyl (C=O) groups is 1. The van der Waals surface area contributed by atoms with E-state index in [9.17, 15) is 9.90 Å². The van der Waals surface area contributed by atoms with Crippen LogP contribution in [-0.2, 0) is 9.57 Å². The lowest BCUT2D eigenvalue weighted by Crippen LogP contribution is -2.25. The number of benzene rings is 1. The summed E-state index contributed by atoms with van der Waals surface area (Å²) in [6.07, 6.45) is 0. The highest BCUT2D eigenvalue weighted by atomic mass is 16.7. The van der Waals surface area contributed by atoms with Gasteiger partial charge in [-0.25, -0.2) is 5.48 Å². The molecule has 1 amide bonds. The highest BCUT2D eigenvalue weighted by Crippen LogP contribution is 2.22. The summed E-state index contributed by atoms with van der Waals surface area (Å²) in [5.41, 5.74) is 2.16. The third-order valence-corrected chi connectivity index (χ3v) is 1.78. The molecule has 0 aliphatic rings. The zero-order valence-electron chi connectivity index (χ0n) is 8.77. The minimum absolute atomic E-state index is 0.0233. The smallest absolute Gasteiger partial charge is 0.278 e. The van der Waals surface area contributed by atoms with Crippen molar-refractivity contribution >= 4 is 5.91 Å². The quantitative estimate of drug-likeness (QED) is 0.500. The van der Waals surface area contributed by atoms with Gasteiger partial charge in [0.1, 0.15) is 11.5 Å². The molecule has 3 N–H and O–H groups in total. The third kappa shape index (κ3) is 3.41. The molecule has 1 aromatic carbocycles. The fourth-order valence-electron chi connectivity index (χ4n) is 1.01. The highest BCUT2D eigenvalue weighted by Gasteiger charge is 2.11. The van der Waals surface area contributed by atoms with Gasteiger partial charge in [0.05, 0.1) is 18.8 Å². The molecule has 0 heterocycles. The predicted molar refractivity (Wildman–Crippen MR) is 55.1 cm³/mol. The first kappa shape index (κ1) is 12.3. The normalized spacial score (nSPS) is 10.1. The molecule has 0 aromatic heterocycles. The summed E-state index contributed by atoms with van der Waals surface area (Å²) in [5.74, 6) is -1.02. The van der Waals surface area contributed by atoms with Crippen LogP contribution in [0.25, 0.3) is 0 Å². The number of rotatable bonds is 5. The van der Waals surface area contributed by atoms with Crippen LogP contribution in [0, 0.1) is 0 Å². The molecule has 1 aromatic rings. The molecule has 0 saturated carbocycles. The Kier molecular flexibility index (Phi) is 4.56. The number of amides is 1. The van der Waals surface area contributed by atoms with E-state index in [-0.39, 0.29) is 23.7 Å². The van der Waals surface area contributed by atoms with Gasteiger partial charge in [-0.05, 0) is 12.1 Å². The molecule has 0 unspecified atom stereocenters. The lowest BCUT2D eigenvalue weighted by atomic mass is 10.2. The van der Waals surface area contributed by atoms with E-state index in [2.05, 4.69) is 5.48 Å². The number of methoxy groups -OCH3 is 1. The fourth-order valence-corrected chi connectivity index (χ4v) is 1.01. The van der Waals surface area contributed by atoms with Crippen molar-refractivity contribution in [1.82, 2.24) is 5.48 Å². The number of phenols is 2. The molecule has 0 saturated heterocycles. The summed E-state index contributed by atoms with van der Waals surface area (Å²) in [4.78, 5) is 16.2. The first-order valence-electron chi connectivity index (χ1n) is 4.58. The van der Waals surface area contributed by atoms with Crippen LogP contribution >= 0.6 is 0 Å². The Bertz CT molecular complexity index is 366. The number of hydroxylamine groups is 1. The van der Waals surface area contributed by atoms with Gasteiger partial charge < -0.3 is 14.9 Å². The first-order valence-corrected chi connectivity index (χ1v) is 4.58. The van der Waals surface area contributed by atoms with E-state index in [0.29, 0.717) is 6.61 Å². The van der Waals surface area contributed by atoms with Crippen LogP contribution < -0.4 is 5.48 Å². The zero-order chi connectivity index (χ0) is 12.0. The molecule has 16 heavy (non-hydrogen) atoms. The van der Waals surface area contributed by atoms with Gasteiger partial charge in [0.2, 0.25) is 0 Å². The van der Waals surface area contributed by atoms with Gasteiger partial charge in [-0.2, -0.15) is 0 Å². The van der Waals surface area contributed by atoms with Gasteiger partial charge in [-0.15, -0.1) is 0 Å². The van der Waals surface area contributed by atoms with E-state index in [1.54, 1.807) is 0 Å². The Morgan fingerprint density at radius 2 is 2.12 bits per heavy atom. The second-order valence-corrected chi connectivity index (χ2v) is 2.97. The largest absolute Gasteiger partial charge is 0.508 e. The standard InChI is InChI=1S/C10H13NO5/c1-15-4-5-16-11-10(14)8-3-2-7(12)6-9(8)13/h2-3,6,12-13H,4-5H2,1H3,(H,11,14). The Morgan fingerprint density at radius 3 is 2.75 bits per heavy atom.